The van der Waals surface area contributed by atoms with Crippen LogP contribution in [0.5, 0.6) is 5.75 Å². The number of amides is 2. The van der Waals surface area contributed by atoms with Crippen LogP contribution in [0.4, 0.5) is 0 Å². The number of nitrogens with zero attached hydrogens (tertiary/aromatic N) is 2. The molecule has 1 atom stereocenters. The predicted molar refractivity (Wildman–Crippen MR) is 141 cm³/mol. The summed E-state index contributed by atoms with van der Waals surface area (Å²) in [6, 6.07) is 10.1. The molecule has 0 spiro atoms. The topological polar surface area (TPSA) is 59.1 Å². The summed E-state index contributed by atoms with van der Waals surface area (Å²) in [4.78, 5) is 31.4. The second kappa shape index (κ2) is 13.1. The van der Waals surface area contributed by atoms with Crippen molar-refractivity contribution < 1.29 is 19.1 Å². The zero-order valence-electron chi connectivity index (χ0n) is 21.8. The highest BCUT2D eigenvalue weighted by Gasteiger charge is 2.33. The van der Waals surface area contributed by atoms with Gasteiger partial charge in [0.2, 0.25) is 11.8 Å². The Morgan fingerprint density at radius 1 is 1.14 bits per heavy atom. The maximum absolute atomic E-state index is 13.6. The first kappa shape index (κ1) is 27.2. The van der Waals surface area contributed by atoms with Crippen LogP contribution in [0.25, 0.3) is 0 Å². The van der Waals surface area contributed by atoms with E-state index in [1.807, 2.05) is 30.9 Å². The standard InChI is InChI=1S/C28H40N2O4S/c1-20(2)17-27(31)29(13-6-15-33-5)18-28(32)30-14-11-26-24(12-16-35-26)25(30)19-34-23-9-7-22(8-10-23)21(3)4/h7-10,12,16,20-21,25H,6,11,13-15,17-19H2,1-5H3/t25-/m0/s1. The van der Waals surface area contributed by atoms with Crippen LogP contribution in [-0.2, 0) is 20.7 Å². The van der Waals surface area contributed by atoms with Gasteiger partial charge in [0.25, 0.3) is 0 Å². The minimum Gasteiger partial charge on any atom is -0.491 e. The zero-order chi connectivity index (χ0) is 25.4. The number of benzene rings is 1. The highest BCUT2D eigenvalue weighted by atomic mass is 32.1. The second-order valence-corrected chi connectivity index (χ2v) is 10.9. The number of methoxy groups -OCH3 is 1. The predicted octanol–water partition coefficient (Wildman–Crippen LogP) is 5.29. The molecule has 3 rings (SSSR count). The fourth-order valence-corrected chi connectivity index (χ4v) is 5.35. The molecule has 1 aromatic heterocycles. The van der Waals surface area contributed by atoms with Crippen molar-refractivity contribution in [1.82, 2.24) is 9.80 Å². The minimum atomic E-state index is -0.164. The smallest absolute Gasteiger partial charge is 0.242 e. The van der Waals surface area contributed by atoms with Crippen molar-refractivity contribution in [3.05, 3.63) is 51.7 Å². The minimum absolute atomic E-state index is 0.0238. The summed E-state index contributed by atoms with van der Waals surface area (Å²) >= 11 is 1.74. The van der Waals surface area contributed by atoms with E-state index in [0.29, 0.717) is 45.1 Å². The Morgan fingerprint density at radius 2 is 1.89 bits per heavy atom. The molecule has 2 amide bonds. The fraction of sp³-hybridized carbons (Fsp3) is 0.571. The van der Waals surface area contributed by atoms with E-state index >= 15 is 0 Å². The van der Waals surface area contributed by atoms with Gasteiger partial charge < -0.3 is 19.3 Å². The Labute approximate surface area is 214 Å². The van der Waals surface area contributed by atoms with Crippen molar-refractivity contribution in [2.75, 3.05) is 40.0 Å². The van der Waals surface area contributed by atoms with Crippen molar-refractivity contribution in [2.45, 2.75) is 58.9 Å². The molecule has 1 aliphatic heterocycles. The lowest BCUT2D eigenvalue weighted by molar-refractivity contribution is -0.143. The van der Waals surface area contributed by atoms with Gasteiger partial charge in [-0.25, -0.2) is 0 Å². The van der Waals surface area contributed by atoms with E-state index < -0.39 is 0 Å². The van der Waals surface area contributed by atoms with Crippen LogP contribution in [0.3, 0.4) is 0 Å². The summed E-state index contributed by atoms with van der Waals surface area (Å²) in [6.45, 7) is 10.6. The maximum atomic E-state index is 13.6. The van der Waals surface area contributed by atoms with Crippen LogP contribution in [0, 0.1) is 5.92 Å². The zero-order valence-corrected chi connectivity index (χ0v) is 22.6. The summed E-state index contributed by atoms with van der Waals surface area (Å²) in [5.74, 6) is 1.51. The number of carbonyl (C=O) groups excluding carboxylic acids is 2. The van der Waals surface area contributed by atoms with E-state index in [0.717, 1.165) is 17.7 Å². The van der Waals surface area contributed by atoms with Crippen LogP contribution >= 0.6 is 11.3 Å². The third-order valence-electron chi connectivity index (χ3n) is 6.41. The maximum Gasteiger partial charge on any atom is 0.242 e. The molecule has 2 heterocycles. The number of hydrogen-bond acceptors (Lipinski definition) is 5. The van der Waals surface area contributed by atoms with Crippen molar-refractivity contribution in [2.24, 2.45) is 5.92 Å². The lowest BCUT2D eigenvalue weighted by Gasteiger charge is -2.37. The van der Waals surface area contributed by atoms with Crippen LogP contribution in [0.2, 0.25) is 0 Å². The molecule has 0 fully saturated rings. The van der Waals surface area contributed by atoms with Crippen molar-refractivity contribution in [3.63, 3.8) is 0 Å². The van der Waals surface area contributed by atoms with Gasteiger partial charge in [0.05, 0.1) is 12.6 Å². The van der Waals surface area contributed by atoms with E-state index in [2.05, 4.69) is 37.4 Å². The lowest BCUT2D eigenvalue weighted by atomic mass is 10.00. The normalized spacial score (nSPS) is 15.4. The summed E-state index contributed by atoms with van der Waals surface area (Å²) in [6.07, 6.45) is 1.98. The molecule has 0 saturated heterocycles. The molecule has 0 radical (unpaired) electrons. The first-order valence-corrected chi connectivity index (χ1v) is 13.5. The number of carbonyl (C=O) groups is 2. The van der Waals surface area contributed by atoms with Gasteiger partial charge in [0.15, 0.2) is 0 Å². The summed E-state index contributed by atoms with van der Waals surface area (Å²) in [5, 5.41) is 2.09. The van der Waals surface area contributed by atoms with E-state index in [9.17, 15) is 9.59 Å². The van der Waals surface area contributed by atoms with Gasteiger partial charge in [0, 0.05) is 38.1 Å². The molecule has 1 aromatic carbocycles. The lowest BCUT2D eigenvalue weighted by Crippen LogP contribution is -2.48. The first-order chi connectivity index (χ1) is 16.8. The number of fused-ring (bicyclic) bond motifs is 1. The van der Waals surface area contributed by atoms with Gasteiger partial charge in [0.1, 0.15) is 12.4 Å². The number of ether oxygens (including phenoxy) is 2. The molecular weight excluding hydrogens is 460 g/mol. The van der Waals surface area contributed by atoms with Gasteiger partial charge in [-0.05, 0) is 59.4 Å². The third kappa shape index (κ3) is 7.55. The monoisotopic (exact) mass is 500 g/mol. The first-order valence-electron chi connectivity index (χ1n) is 12.6. The molecule has 0 bridgehead atoms. The van der Waals surface area contributed by atoms with Gasteiger partial charge in [-0.1, -0.05) is 39.8 Å². The Balaban J connectivity index is 1.73. The molecule has 2 aromatic rings. The third-order valence-corrected chi connectivity index (χ3v) is 7.40. The van der Waals surface area contributed by atoms with Crippen molar-refractivity contribution in [3.8, 4) is 5.75 Å². The summed E-state index contributed by atoms with van der Waals surface area (Å²) in [5.41, 5.74) is 2.43. The molecule has 0 aliphatic carbocycles. The van der Waals surface area contributed by atoms with Gasteiger partial charge >= 0.3 is 0 Å². The van der Waals surface area contributed by atoms with E-state index in [1.165, 1.54) is 10.4 Å². The van der Waals surface area contributed by atoms with Crippen molar-refractivity contribution in [1.29, 1.82) is 0 Å². The molecule has 0 unspecified atom stereocenters. The fourth-order valence-electron chi connectivity index (χ4n) is 4.42. The Morgan fingerprint density at radius 3 is 2.54 bits per heavy atom. The SMILES string of the molecule is COCCCN(CC(=O)N1CCc2sccc2[C@@H]1COc1ccc(C(C)C)cc1)C(=O)CC(C)C. The molecule has 192 valence electrons. The average molecular weight is 501 g/mol. The highest BCUT2D eigenvalue weighted by molar-refractivity contribution is 7.10. The summed E-state index contributed by atoms with van der Waals surface area (Å²) in [7, 11) is 1.65. The highest BCUT2D eigenvalue weighted by Crippen LogP contribution is 2.34. The average Bonchev–Trinajstić information content (AvgIpc) is 3.31. The second-order valence-electron chi connectivity index (χ2n) is 9.95. The van der Waals surface area contributed by atoms with E-state index in [4.69, 9.17) is 9.47 Å². The molecular formula is C28H40N2O4S. The largest absolute Gasteiger partial charge is 0.491 e. The summed E-state index contributed by atoms with van der Waals surface area (Å²) < 4.78 is 11.4. The molecule has 6 nitrogen and oxygen atoms in total. The number of thiophene rings is 1. The van der Waals surface area contributed by atoms with Gasteiger partial charge in [-0.2, -0.15) is 0 Å². The van der Waals surface area contributed by atoms with E-state index in [-0.39, 0.29) is 30.3 Å². The molecule has 1 aliphatic rings. The number of hydrogen-bond donors (Lipinski definition) is 0. The van der Waals surface area contributed by atoms with Crippen LogP contribution in [-0.4, -0.2) is 61.6 Å². The Bertz CT molecular complexity index is 954. The molecule has 35 heavy (non-hydrogen) atoms. The molecule has 0 saturated carbocycles. The molecule has 0 N–H and O–H groups in total. The molecule has 7 heteroatoms. The van der Waals surface area contributed by atoms with Gasteiger partial charge in [-0.15, -0.1) is 11.3 Å². The van der Waals surface area contributed by atoms with Gasteiger partial charge in [-0.3, -0.25) is 9.59 Å². The Hall–Kier alpha value is -2.38. The van der Waals surface area contributed by atoms with Crippen LogP contribution < -0.4 is 4.74 Å². The van der Waals surface area contributed by atoms with Crippen molar-refractivity contribution >= 4 is 23.2 Å². The quantitative estimate of drug-likeness (QED) is 0.372. The Kier molecular flexibility index (Phi) is 10.2. The van der Waals surface area contributed by atoms with Crippen LogP contribution in [0.15, 0.2) is 35.7 Å². The number of rotatable bonds is 12. The van der Waals surface area contributed by atoms with E-state index in [1.54, 1.807) is 23.3 Å². The van der Waals surface area contributed by atoms with Crippen LogP contribution in [0.1, 0.15) is 68.5 Å².